The van der Waals surface area contributed by atoms with Crippen molar-refractivity contribution in [3.8, 4) is 0 Å². The first-order valence-electron chi connectivity index (χ1n) is 4.15. The van der Waals surface area contributed by atoms with Gasteiger partial charge in [0, 0.05) is 18.1 Å². The van der Waals surface area contributed by atoms with Crippen LogP contribution in [-0.4, -0.2) is 30.5 Å². The van der Waals surface area contributed by atoms with Gasteiger partial charge in [0.2, 0.25) is 10.0 Å². The molecule has 1 rings (SSSR count). The maximum atomic E-state index is 11.5. The number of H-pyrrole nitrogens is 1. The molecular formula is C7H12ClN3O2S. The molecule has 2 N–H and O–H groups in total. The molecule has 0 saturated carbocycles. The van der Waals surface area contributed by atoms with Crippen LogP contribution < -0.4 is 4.72 Å². The van der Waals surface area contributed by atoms with Gasteiger partial charge in [0.15, 0.2) is 0 Å². The molecule has 14 heavy (non-hydrogen) atoms. The lowest BCUT2D eigenvalue weighted by Gasteiger charge is -2.04. The molecule has 80 valence electrons. The molecule has 0 bridgehead atoms. The van der Waals surface area contributed by atoms with Crippen molar-refractivity contribution in [2.24, 2.45) is 0 Å². The van der Waals surface area contributed by atoms with Gasteiger partial charge in [-0.2, -0.15) is 5.10 Å². The van der Waals surface area contributed by atoms with Crippen LogP contribution >= 0.6 is 11.6 Å². The largest absolute Gasteiger partial charge is 0.284 e. The highest BCUT2D eigenvalue weighted by Gasteiger charge is 2.14. The van der Waals surface area contributed by atoms with E-state index >= 15 is 0 Å². The third-order valence-corrected chi connectivity index (χ3v) is 3.26. The van der Waals surface area contributed by atoms with Crippen molar-refractivity contribution in [1.82, 2.24) is 14.9 Å². The predicted octanol–water partition coefficient (Wildman–Crippen LogP) is 0.705. The Morgan fingerprint density at radius 1 is 1.71 bits per heavy atom. The van der Waals surface area contributed by atoms with Gasteiger partial charge in [-0.05, 0) is 13.3 Å². The Kier molecular flexibility index (Phi) is 3.91. The molecule has 7 heteroatoms. The number of aromatic nitrogens is 2. The van der Waals surface area contributed by atoms with Gasteiger partial charge in [0.25, 0.3) is 0 Å². The zero-order valence-electron chi connectivity index (χ0n) is 7.70. The average Bonchev–Trinajstić information content (AvgIpc) is 2.54. The molecule has 0 radical (unpaired) electrons. The lowest BCUT2D eigenvalue weighted by molar-refractivity contribution is 0.579. The van der Waals surface area contributed by atoms with Gasteiger partial charge < -0.3 is 0 Å². The Labute approximate surface area is 87.9 Å². The molecule has 1 aromatic rings. The fraction of sp³-hybridized carbons (Fsp3) is 0.571. The summed E-state index contributed by atoms with van der Waals surface area (Å²) in [4.78, 5) is 0.139. The van der Waals surface area contributed by atoms with E-state index in [1.165, 1.54) is 12.4 Å². The Morgan fingerprint density at radius 3 is 2.93 bits per heavy atom. The summed E-state index contributed by atoms with van der Waals surface area (Å²) in [5.41, 5.74) is 0. The van der Waals surface area contributed by atoms with E-state index in [1.54, 1.807) is 0 Å². The van der Waals surface area contributed by atoms with E-state index in [0.29, 0.717) is 13.0 Å². The highest BCUT2D eigenvalue weighted by Crippen LogP contribution is 2.05. The van der Waals surface area contributed by atoms with Crippen LogP contribution in [0.1, 0.15) is 13.3 Å². The van der Waals surface area contributed by atoms with E-state index in [0.717, 1.165) is 0 Å². The van der Waals surface area contributed by atoms with Crippen LogP contribution in [0.2, 0.25) is 0 Å². The number of halogens is 1. The first kappa shape index (κ1) is 11.5. The molecule has 0 amide bonds. The molecule has 1 aromatic heterocycles. The lowest BCUT2D eigenvalue weighted by Crippen LogP contribution is -2.25. The van der Waals surface area contributed by atoms with Crippen LogP contribution in [0.3, 0.4) is 0 Å². The van der Waals surface area contributed by atoms with E-state index < -0.39 is 10.0 Å². The maximum absolute atomic E-state index is 11.5. The van der Waals surface area contributed by atoms with Gasteiger partial charge in [-0.3, -0.25) is 5.10 Å². The summed E-state index contributed by atoms with van der Waals surface area (Å²) in [6.45, 7) is 2.14. The molecule has 0 aliphatic carbocycles. The first-order valence-corrected chi connectivity index (χ1v) is 6.07. The number of nitrogens with zero attached hydrogens (tertiary/aromatic N) is 1. The standard InChI is InChI=1S/C7H12ClN3O2S/c1-6(8)2-3-11-14(12,13)7-4-9-10-5-7/h4-6,11H,2-3H2,1H3,(H,9,10). The van der Waals surface area contributed by atoms with Crippen LogP contribution in [0.15, 0.2) is 17.3 Å². The zero-order chi connectivity index (χ0) is 10.6. The van der Waals surface area contributed by atoms with Crippen LogP contribution in [-0.2, 0) is 10.0 Å². The maximum Gasteiger partial charge on any atom is 0.243 e. The lowest BCUT2D eigenvalue weighted by atomic mass is 10.3. The molecule has 0 saturated heterocycles. The van der Waals surface area contributed by atoms with Crippen LogP contribution in [0.5, 0.6) is 0 Å². The van der Waals surface area contributed by atoms with Crippen LogP contribution in [0.25, 0.3) is 0 Å². The first-order chi connectivity index (χ1) is 6.52. The molecule has 0 aliphatic rings. The smallest absolute Gasteiger partial charge is 0.243 e. The SMILES string of the molecule is CC(Cl)CCNS(=O)(=O)c1cn[nH]c1. The van der Waals surface area contributed by atoms with Gasteiger partial charge in [-0.15, -0.1) is 11.6 Å². The molecule has 0 aliphatic heterocycles. The predicted molar refractivity (Wildman–Crippen MR) is 53.7 cm³/mol. The van der Waals surface area contributed by atoms with Crippen molar-refractivity contribution in [2.75, 3.05) is 6.54 Å². The topological polar surface area (TPSA) is 74.8 Å². The molecule has 5 nitrogen and oxygen atoms in total. The number of hydrogen-bond acceptors (Lipinski definition) is 3. The second-order valence-corrected chi connectivity index (χ2v) is 5.41. The quantitative estimate of drug-likeness (QED) is 0.741. The van der Waals surface area contributed by atoms with E-state index in [4.69, 9.17) is 11.6 Å². The molecule has 1 atom stereocenters. The highest BCUT2D eigenvalue weighted by atomic mass is 35.5. The zero-order valence-corrected chi connectivity index (χ0v) is 9.27. The molecule has 1 heterocycles. The molecular weight excluding hydrogens is 226 g/mol. The van der Waals surface area contributed by atoms with Gasteiger partial charge >= 0.3 is 0 Å². The highest BCUT2D eigenvalue weighted by molar-refractivity contribution is 7.89. The molecule has 1 unspecified atom stereocenters. The van der Waals surface area contributed by atoms with Crippen LogP contribution in [0, 0.1) is 0 Å². The molecule has 0 fully saturated rings. The summed E-state index contributed by atoms with van der Waals surface area (Å²) >= 11 is 5.68. The van der Waals surface area contributed by atoms with E-state index in [1.807, 2.05) is 6.92 Å². The summed E-state index contributed by atoms with van der Waals surface area (Å²) in [5.74, 6) is 0. The fourth-order valence-corrected chi connectivity index (χ4v) is 1.92. The summed E-state index contributed by atoms with van der Waals surface area (Å²) < 4.78 is 25.3. The minimum absolute atomic E-state index is 0.0398. The number of rotatable bonds is 5. The Bertz CT molecular complexity index is 360. The summed E-state index contributed by atoms with van der Waals surface area (Å²) in [6.07, 6.45) is 3.18. The third-order valence-electron chi connectivity index (χ3n) is 1.62. The minimum atomic E-state index is -3.42. The monoisotopic (exact) mass is 237 g/mol. The summed E-state index contributed by atoms with van der Waals surface area (Å²) in [5, 5.41) is 5.96. The molecule has 0 spiro atoms. The fourth-order valence-electron chi connectivity index (χ4n) is 0.862. The number of aromatic amines is 1. The molecule has 0 aromatic carbocycles. The summed E-state index contributed by atoms with van der Waals surface area (Å²) in [7, 11) is -3.42. The van der Waals surface area contributed by atoms with Gasteiger partial charge in [0.1, 0.15) is 4.90 Å². The Hall–Kier alpha value is -0.590. The van der Waals surface area contributed by atoms with Crippen molar-refractivity contribution < 1.29 is 8.42 Å². The van der Waals surface area contributed by atoms with Gasteiger partial charge in [0.05, 0.1) is 6.20 Å². The van der Waals surface area contributed by atoms with Crippen molar-refractivity contribution in [3.63, 3.8) is 0 Å². The Morgan fingerprint density at radius 2 is 2.43 bits per heavy atom. The van der Waals surface area contributed by atoms with E-state index in [2.05, 4.69) is 14.9 Å². The number of nitrogens with one attached hydrogen (secondary N) is 2. The minimum Gasteiger partial charge on any atom is -0.284 e. The van der Waals surface area contributed by atoms with Crippen LogP contribution in [0.4, 0.5) is 0 Å². The second-order valence-electron chi connectivity index (χ2n) is 2.90. The van der Waals surface area contributed by atoms with Gasteiger partial charge in [-0.1, -0.05) is 0 Å². The van der Waals surface area contributed by atoms with E-state index in [9.17, 15) is 8.42 Å². The van der Waals surface area contributed by atoms with Gasteiger partial charge in [-0.25, -0.2) is 13.1 Å². The summed E-state index contributed by atoms with van der Waals surface area (Å²) in [6, 6.07) is 0. The third kappa shape index (κ3) is 3.28. The van der Waals surface area contributed by atoms with Crippen molar-refractivity contribution >= 4 is 21.6 Å². The average molecular weight is 238 g/mol. The number of sulfonamides is 1. The van der Waals surface area contributed by atoms with Crippen molar-refractivity contribution in [1.29, 1.82) is 0 Å². The van der Waals surface area contributed by atoms with Crippen molar-refractivity contribution in [3.05, 3.63) is 12.4 Å². The van der Waals surface area contributed by atoms with E-state index in [-0.39, 0.29) is 10.3 Å². The number of hydrogen-bond donors (Lipinski definition) is 2. The number of alkyl halides is 1. The second kappa shape index (κ2) is 4.77. The normalized spacial score (nSPS) is 14.1. The van der Waals surface area contributed by atoms with Crippen molar-refractivity contribution in [2.45, 2.75) is 23.6 Å². The Balaban J connectivity index is 2.52.